The fourth-order valence-corrected chi connectivity index (χ4v) is 2.84. The van der Waals surface area contributed by atoms with E-state index in [0.717, 1.165) is 5.56 Å². The molecule has 2 rings (SSSR count). The molecule has 1 aromatic rings. The van der Waals surface area contributed by atoms with E-state index in [1.54, 1.807) is 4.90 Å². The molecule has 1 heterocycles. The predicted octanol–water partition coefficient (Wildman–Crippen LogP) is 2.22. The highest BCUT2D eigenvalue weighted by molar-refractivity contribution is 6.31. The minimum Gasteiger partial charge on any atom is -0.481 e. The molecule has 2 atom stereocenters. The number of carbonyl (C=O) groups is 2. The van der Waals surface area contributed by atoms with Crippen molar-refractivity contribution in [2.45, 2.75) is 25.9 Å². The number of morpholine rings is 1. The molecule has 1 fully saturated rings. The van der Waals surface area contributed by atoms with E-state index < -0.39 is 12.1 Å². The van der Waals surface area contributed by atoms with Crippen molar-refractivity contribution in [1.82, 2.24) is 4.90 Å². The maximum Gasteiger partial charge on any atom is 0.306 e. The quantitative estimate of drug-likeness (QED) is 0.901. The molecule has 6 heteroatoms. The van der Waals surface area contributed by atoms with Gasteiger partial charge in [-0.25, -0.2) is 0 Å². The van der Waals surface area contributed by atoms with E-state index in [9.17, 15) is 9.59 Å². The number of hydrogen-bond acceptors (Lipinski definition) is 3. The molecule has 0 aliphatic carbocycles. The summed E-state index contributed by atoms with van der Waals surface area (Å²) < 4.78 is 5.39. The normalized spacial score (nSPS) is 19.7. The highest BCUT2D eigenvalue weighted by Crippen LogP contribution is 2.21. The number of benzene rings is 1. The molecule has 1 aromatic carbocycles. The number of rotatable bonds is 5. The van der Waals surface area contributed by atoms with Crippen LogP contribution in [0.15, 0.2) is 24.3 Å². The highest BCUT2D eigenvalue weighted by Gasteiger charge is 2.28. The zero-order valence-corrected chi connectivity index (χ0v) is 13.3. The molecular weight excluding hydrogens is 306 g/mol. The van der Waals surface area contributed by atoms with Crippen LogP contribution < -0.4 is 0 Å². The van der Waals surface area contributed by atoms with E-state index in [0.29, 0.717) is 31.1 Å². The Kier molecular flexibility index (Phi) is 5.80. The van der Waals surface area contributed by atoms with Gasteiger partial charge in [0.05, 0.1) is 19.1 Å². The maximum atomic E-state index is 12.5. The summed E-state index contributed by atoms with van der Waals surface area (Å²) in [5.41, 5.74) is 0.945. The first-order valence-electron chi connectivity index (χ1n) is 7.33. The lowest BCUT2D eigenvalue weighted by molar-refractivity contribution is -0.149. The molecule has 22 heavy (non-hydrogen) atoms. The third-order valence-electron chi connectivity index (χ3n) is 3.76. The van der Waals surface area contributed by atoms with Gasteiger partial charge >= 0.3 is 5.97 Å². The van der Waals surface area contributed by atoms with Crippen molar-refractivity contribution in [2.75, 3.05) is 19.7 Å². The highest BCUT2D eigenvalue weighted by atomic mass is 35.5. The largest absolute Gasteiger partial charge is 0.481 e. The smallest absolute Gasteiger partial charge is 0.306 e. The minimum absolute atomic E-state index is 0.0126. The Hall–Kier alpha value is -1.59. The number of halogens is 1. The summed E-state index contributed by atoms with van der Waals surface area (Å²) in [5, 5.41) is 9.49. The number of hydrogen-bond donors (Lipinski definition) is 1. The van der Waals surface area contributed by atoms with Gasteiger partial charge in [-0.15, -0.1) is 0 Å². The molecule has 1 saturated heterocycles. The monoisotopic (exact) mass is 325 g/mol. The summed E-state index contributed by atoms with van der Waals surface area (Å²) in [6.45, 7) is 3.08. The van der Waals surface area contributed by atoms with Crippen molar-refractivity contribution in [3.05, 3.63) is 34.9 Å². The average Bonchev–Trinajstić information content (AvgIpc) is 2.48. The van der Waals surface area contributed by atoms with Crippen molar-refractivity contribution >= 4 is 23.5 Å². The van der Waals surface area contributed by atoms with E-state index in [2.05, 4.69) is 0 Å². The van der Waals surface area contributed by atoms with Gasteiger partial charge in [0.25, 0.3) is 0 Å². The second-order valence-corrected chi connectivity index (χ2v) is 5.98. The molecule has 0 aromatic heterocycles. The lowest BCUT2D eigenvalue weighted by Crippen LogP contribution is -2.48. The third kappa shape index (κ3) is 4.45. The van der Waals surface area contributed by atoms with Gasteiger partial charge in [-0.05, 0) is 18.1 Å². The van der Waals surface area contributed by atoms with E-state index in [4.69, 9.17) is 21.4 Å². The van der Waals surface area contributed by atoms with Crippen LogP contribution >= 0.6 is 11.6 Å². The van der Waals surface area contributed by atoms with Gasteiger partial charge in [-0.3, -0.25) is 9.59 Å². The lowest BCUT2D eigenvalue weighted by Gasteiger charge is -2.34. The SMILES string of the molecule is CC(Cc1ccccc1Cl)C(=O)N1CCOC(CC(=O)O)C1. The first-order valence-corrected chi connectivity index (χ1v) is 7.70. The van der Waals surface area contributed by atoms with E-state index >= 15 is 0 Å². The zero-order valence-electron chi connectivity index (χ0n) is 12.5. The number of carboxylic acids is 1. The standard InChI is InChI=1S/C16H20ClNO4/c1-11(8-12-4-2-3-5-14(12)17)16(21)18-6-7-22-13(10-18)9-15(19)20/h2-5,11,13H,6-10H2,1H3,(H,19,20). The predicted molar refractivity (Wildman–Crippen MR) is 82.9 cm³/mol. The summed E-state index contributed by atoms with van der Waals surface area (Å²) in [7, 11) is 0. The van der Waals surface area contributed by atoms with Crippen LogP contribution in [0.2, 0.25) is 5.02 Å². The van der Waals surface area contributed by atoms with Crippen LogP contribution in [0.4, 0.5) is 0 Å². The fourth-order valence-electron chi connectivity index (χ4n) is 2.63. The van der Waals surface area contributed by atoms with Crippen molar-refractivity contribution in [2.24, 2.45) is 5.92 Å². The molecule has 0 bridgehead atoms. The number of carbonyl (C=O) groups excluding carboxylic acids is 1. The number of carboxylic acid groups (broad SMARTS) is 1. The Morgan fingerprint density at radius 3 is 2.86 bits per heavy atom. The summed E-state index contributed by atoms with van der Waals surface area (Å²) in [6.07, 6.45) is 0.0602. The van der Waals surface area contributed by atoms with Crippen LogP contribution in [0.1, 0.15) is 18.9 Å². The van der Waals surface area contributed by atoms with Crippen molar-refractivity contribution < 1.29 is 19.4 Å². The summed E-state index contributed by atoms with van der Waals surface area (Å²) in [4.78, 5) is 25.0. The minimum atomic E-state index is -0.914. The Balaban J connectivity index is 1.95. The lowest BCUT2D eigenvalue weighted by atomic mass is 9.99. The van der Waals surface area contributed by atoms with E-state index in [1.165, 1.54) is 0 Å². The van der Waals surface area contributed by atoms with Crippen LogP contribution in [0.3, 0.4) is 0 Å². The van der Waals surface area contributed by atoms with Crippen LogP contribution in [-0.2, 0) is 20.7 Å². The first-order chi connectivity index (χ1) is 10.5. The maximum absolute atomic E-state index is 12.5. The van der Waals surface area contributed by atoms with Crippen LogP contribution in [0.5, 0.6) is 0 Å². The molecule has 0 radical (unpaired) electrons. The molecule has 120 valence electrons. The number of ether oxygens (including phenoxy) is 1. The molecule has 1 N–H and O–H groups in total. The molecule has 2 unspecified atom stereocenters. The summed E-state index contributed by atoms with van der Waals surface area (Å²) >= 11 is 6.13. The molecule has 0 saturated carbocycles. The van der Waals surface area contributed by atoms with Gasteiger partial charge in [0, 0.05) is 24.0 Å². The molecule has 1 aliphatic heterocycles. The Labute approximate surface area is 134 Å². The van der Waals surface area contributed by atoms with Gasteiger partial charge in [0.1, 0.15) is 0 Å². The van der Waals surface area contributed by atoms with Gasteiger partial charge in [-0.2, -0.15) is 0 Å². The van der Waals surface area contributed by atoms with Crippen LogP contribution in [0, 0.1) is 5.92 Å². The number of amides is 1. The van der Waals surface area contributed by atoms with E-state index in [1.807, 2.05) is 31.2 Å². The molecular formula is C16H20ClNO4. The third-order valence-corrected chi connectivity index (χ3v) is 4.13. The van der Waals surface area contributed by atoms with Gasteiger partial charge in [0.15, 0.2) is 0 Å². The topological polar surface area (TPSA) is 66.8 Å². The molecule has 5 nitrogen and oxygen atoms in total. The van der Waals surface area contributed by atoms with Crippen LogP contribution in [0.25, 0.3) is 0 Å². The van der Waals surface area contributed by atoms with Crippen LogP contribution in [-0.4, -0.2) is 47.7 Å². The molecule has 1 amide bonds. The van der Waals surface area contributed by atoms with Crippen molar-refractivity contribution in [3.63, 3.8) is 0 Å². The number of aliphatic carboxylic acids is 1. The van der Waals surface area contributed by atoms with Gasteiger partial charge < -0.3 is 14.7 Å². The summed E-state index contributed by atoms with van der Waals surface area (Å²) in [5.74, 6) is -1.11. The Morgan fingerprint density at radius 2 is 2.18 bits per heavy atom. The second-order valence-electron chi connectivity index (χ2n) is 5.57. The van der Waals surface area contributed by atoms with Crippen molar-refractivity contribution in [3.8, 4) is 0 Å². The Bertz CT molecular complexity index is 549. The Morgan fingerprint density at radius 1 is 1.45 bits per heavy atom. The number of nitrogens with zero attached hydrogens (tertiary/aromatic N) is 1. The fraction of sp³-hybridized carbons (Fsp3) is 0.500. The average molecular weight is 326 g/mol. The first kappa shape index (κ1) is 16.8. The van der Waals surface area contributed by atoms with Gasteiger partial charge in [0.2, 0.25) is 5.91 Å². The van der Waals surface area contributed by atoms with Crippen molar-refractivity contribution in [1.29, 1.82) is 0 Å². The van der Waals surface area contributed by atoms with Gasteiger partial charge in [-0.1, -0.05) is 36.7 Å². The molecule has 0 spiro atoms. The second kappa shape index (κ2) is 7.61. The summed E-state index contributed by atoms with van der Waals surface area (Å²) in [6, 6.07) is 7.48. The molecule has 1 aliphatic rings. The zero-order chi connectivity index (χ0) is 16.1. The van der Waals surface area contributed by atoms with E-state index in [-0.39, 0.29) is 18.2 Å².